The molecule has 0 aliphatic carbocycles. The maximum Gasteiger partial charge on any atom is 0.416 e. The molecule has 0 saturated carbocycles. The Balaban J connectivity index is 1.86. The molecule has 5 heteroatoms. The van der Waals surface area contributed by atoms with Gasteiger partial charge in [-0.1, -0.05) is 30.3 Å². The minimum atomic E-state index is -4.35. The van der Waals surface area contributed by atoms with Crippen molar-refractivity contribution in [3.05, 3.63) is 65.2 Å². The fourth-order valence-corrected chi connectivity index (χ4v) is 2.49. The Labute approximate surface area is 119 Å². The van der Waals surface area contributed by atoms with Crippen LogP contribution in [0.2, 0.25) is 0 Å². The first-order valence-electron chi connectivity index (χ1n) is 6.56. The molecule has 1 N–H and O–H groups in total. The van der Waals surface area contributed by atoms with E-state index in [1.165, 1.54) is 12.1 Å². The Hall–Kier alpha value is -2.01. The lowest BCUT2D eigenvalue weighted by atomic mass is 9.94. The molecule has 0 fully saturated rings. The van der Waals surface area contributed by atoms with Crippen LogP contribution in [0.4, 0.5) is 13.2 Å². The Bertz CT molecular complexity index is 635. The number of aliphatic hydroxyl groups is 1. The summed E-state index contributed by atoms with van der Waals surface area (Å²) in [5.41, 5.74) is 0.639. The highest BCUT2D eigenvalue weighted by Gasteiger charge is 2.31. The summed E-state index contributed by atoms with van der Waals surface area (Å²) in [6.45, 7) is 0. The highest BCUT2D eigenvalue weighted by Crippen LogP contribution is 2.41. The van der Waals surface area contributed by atoms with Gasteiger partial charge in [-0.3, -0.25) is 0 Å². The minimum Gasteiger partial charge on any atom is -0.485 e. The van der Waals surface area contributed by atoms with Crippen molar-refractivity contribution in [2.75, 3.05) is 0 Å². The third kappa shape index (κ3) is 2.74. The first-order valence-corrected chi connectivity index (χ1v) is 6.56. The second-order valence-corrected chi connectivity index (χ2v) is 5.02. The average molecular weight is 294 g/mol. The molecule has 3 rings (SSSR count). The van der Waals surface area contributed by atoms with Crippen LogP contribution in [0.5, 0.6) is 5.75 Å². The quantitative estimate of drug-likeness (QED) is 0.851. The summed E-state index contributed by atoms with van der Waals surface area (Å²) in [5, 5.41) is 10.1. The number of para-hydroxylation sites is 1. The van der Waals surface area contributed by atoms with Crippen LogP contribution in [0.25, 0.3) is 0 Å². The summed E-state index contributed by atoms with van der Waals surface area (Å²) >= 11 is 0. The van der Waals surface area contributed by atoms with Crippen LogP contribution in [0.15, 0.2) is 48.5 Å². The largest absolute Gasteiger partial charge is 0.485 e. The lowest BCUT2D eigenvalue weighted by Gasteiger charge is -2.30. The Kier molecular flexibility index (Phi) is 3.37. The molecule has 1 aliphatic heterocycles. The highest BCUT2D eigenvalue weighted by atomic mass is 19.4. The van der Waals surface area contributed by atoms with Gasteiger partial charge in [0.1, 0.15) is 11.9 Å². The molecular formula is C16H13F3O2. The van der Waals surface area contributed by atoms with Crippen molar-refractivity contribution in [2.45, 2.75) is 24.8 Å². The molecule has 2 aromatic rings. The zero-order chi connectivity index (χ0) is 15.0. The van der Waals surface area contributed by atoms with Crippen molar-refractivity contribution >= 4 is 0 Å². The monoisotopic (exact) mass is 294 g/mol. The lowest BCUT2D eigenvalue weighted by Crippen LogP contribution is -2.19. The smallest absolute Gasteiger partial charge is 0.416 e. The predicted octanol–water partition coefficient (Wildman–Crippen LogP) is 4.26. The second-order valence-electron chi connectivity index (χ2n) is 5.02. The number of fused-ring (bicyclic) bond motifs is 1. The Morgan fingerprint density at radius 2 is 1.67 bits per heavy atom. The maximum absolute atomic E-state index is 12.5. The van der Waals surface area contributed by atoms with Gasteiger partial charge >= 0.3 is 6.18 Å². The first kappa shape index (κ1) is 13.9. The van der Waals surface area contributed by atoms with E-state index < -0.39 is 23.9 Å². The van der Waals surface area contributed by atoms with Crippen LogP contribution in [-0.2, 0) is 6.18 Å². The van der Waals surface area contributed by atoms with Gasteiger partial charge in [-0.25, -0.2) is 0 Å². The molecule has 0 radical (unpaired) electrons. The number of benzene rings is 2. The van der Waals surface area contributed by atoms with E-state index in [2.05, 4.69) is 0 Å². The molecule has 0 aromatic heterocycles. The minimum absolute atomic E-state index is 0.322. The molecule has 0 saturated heterocycles. The van der Waals surface area contributed by atoms with E-state index in [1.54, 1.807) is 18.2 Å². The van der Waals surface area contributed by atoms with Crippen molar-refractivity contribution in [3.63, 3.8) is 0 Å². The third-order valence-electron chi connectivity index (χ3n) is 3.59. The number of rotatable bonds is 1. The van der Waals surface area contributed by atoms with Crippen LogP contribution < -0.4 is 4.74 Å². The van der Waals surface area contributed by atoms with Crippen molar-refractivity contribution in [1.29, 1.82) is 0 Å². The molecule has 110 valence electrons. The van der Waals surface area contributed by atoms with Gasteiger partial charge in [-0.15, -0.1) is 0 Å². The van der Waals surface area contributed by atoms with Crippen LogP contribution in [-0.4, -0.2) is 5.11 Å². The van der Waals surface area contributed by atoms with Crippen LogP contribution >= 0.6 is 0 Å². The van der Waals surface area contributed by atoms with Gasteiger partial charge < -0.3 is 9.84 Å². The second kappa shape index (κ2) is 5.07. The van der Waals surface area contributed by atoms with Gasteiger partial charge in [0, 0.05) is 12.0 Å². The van der Waals surface area contributed by atoms with Crippen molar-refractivity contribution < 1.29 is 23.0 Å². The van der Waals surface area contributed by atoms with Crippen LogP contribution in [0.3, 0.4) is 0 Å². The van der Waals surface area contributed by atoms with E-state index >= 15 is 0 Å². The molecule has 0 spiro atoms. The highest BCUT2D eigenvalue weighted by molar-refractivity contribution is 5.38. The predicted molar refractivity (Wildman–Crippen MR) is 70.8 cm³/mol. The fourth-order valence-electron chi connectivity index (χ4n) is 2.49. The number of alkyl halides is 3. The normalized spacial score (nSPS) is 21.5. The molecule has 2 atom stereocenters. The summed E-state index contributed by atoms with van der Waals surface area (Å²) in [4.78, 5) is 0. The van der Waals surface area contributed by atoms with Crippen molar-refractivity contribution in [3.8, 4) is 5.75 Å². The Morgan fingerprint density at radius 3 is 2.33 bits per heavy atom. The van der Waals surface area contributed by atoms with Gasteiger partial charge in [-0.05, 0) is 23.8 Å². The fraction of sp³-hybridized carbons (Fsp3) is 0.250. The van der Waals surface area contributed by atoms with Crippen LogP contribution in [0, 0.1) is 0 Å². The van der Waals surface area contributed by atoms with Crippen molar-refractivity contribution in [1.82, 2.24) is 0 Å². The van der Waals surface area contributed by atoms with E-state index in [0.29, 0.717) is 23.3 Å². The van der Waals surface area contributed by atoms with E-state index in [4.69, 9.17) is 4.74 Å². The molecule has 0 amide bonds. The zero-order valence-electron chi connectivity index (χ0n) is 11.0. The lowest BCUT2D eigenvalue weighted by molar-refractivity contribution is -0.137. The number of aliphatic hydroxyl groups excluding tert-OH is 1. The van der Waals surface area contributed by atoms with Crippen LogP contribution in [0.1, 0.15) is 35.3 Å². The summed E-state index contributed by atoms with van der Waals surface area (Å²) in [7, 11) is 0. The summed E-state index contributed by atoms with van der Waals surface area (Å²) in [6.07, 6.45) is -5.15. The van der Waals surface area contributed by atoms with E-state index in [0.717, 1.165) is 12.1 Å². The molecule has 0 bridgehead atoms. The SMILES string of the molecule is OC1C[C@@H](c2ccc(C(F)(F)F)cc2)Oc2ccccc21. The number of hydrogen-bond donors (Lipinski definition) is 1. The number of hydrogen-bond acceptors (Lipinski definition) is 2. The topological polar surface area (TPSA) is 29.5 Å². The summed E-state index contributed by atoms with van der Waals surface area (Å²) in [6, 6.07) is 12.0. The van der Waals surface area contributed by atoms with Gasteiger partial charge in [0.05, 0.1) is 11.7 Å². The molecule has 1 unspecified atom stereocenters. The molecule has 2 aromatic carbocycles. The average Bonchev–Trinajstić information content (AvgIpc) is 2.46. The number of halogens is 3. The third-order valence-corrected chi connectivity index (χ3v) is 3.59. The standard InChI is InChI=1S/C16H13F3O2/c17-16(18,19)11-7-5-10(6-8-11)15-9-13(20)12-3-1-2-4-14(12)21-15/h1-8,13,15,20H,9H2/t13?,15-/m0/s1. The first-order chi connectivity index (χ1) is 9.95. The molecule has 1 aliphatic rings. The van der Waals surface area contributed by atoms with Crippen molar-refractivity contribution in [2.24, 2.45) is 0 Å². The van der Waals surface area contributed by atoms with E-state index in [1.807, 2.05) is 6.07 Å². The molecule has 2 nitrogen and oxygen atoms in total. The molecular weight excluding hydrogens is 281 g/mol. The molecule has 21 heavy (non-hydrogen) atoms. The van der Waals surface area contributed by atoms with Gasteiger partial charge in [0.25, 0.3) is 0 Å². The Morgan fingerprint density at radius 1 is 1.00 bits per heavy atom. The summed E-state index contributed by atoms with van der Waals surface area (Å²) in [5.74, 6) is 0.571. The molecule has 1 heterocycles. The van der Waals surface area contributed by atoms with E-state index in [-0.39, 0.29) is 0 Å². The van der Waals surface area contributed by atoms with Gasteiger partial charge in [-0.2, -0.15) is 13.2 Å². The van der Waals surface area contributed by atoms with Gasteiger partial charge in [0.15, 0.2) is 0 Å². The number of ether oxygens (including phenoxy) is 1. The maximum atomic E-state index is 12.5. The summed E-state index contributed by atoms with van der Waals surface area (Å²) < 4.78 is 43.4. The van der Waals surface area contributed by atoms with Gasteiger partial charge in [0.2, 0.25) is 0 Å². The zero-order valence-corrected chi connectivity index (χ0v) is 11.0. The van der Waals surface area contributed by atoms with E-state index in [9.17, 15) is 18.3 Å².